The fraction of sp³-hybridized carbons (Fsp3) is 0.600. The molecule has 0 N–H and O–H groups in total. The van der Waals surface area contributed by atoms with Crippen LogP contribution in [-0.2, 0) is 19.1 Å². The third kappa shape index (κ3) is 6.57. The van der Waals surface area contributed by atoms with E-state index in [0.717, 1.165) is 17.7 Å². The number of thiophene rings is 1. The fourth-order valence-electron chi connectivity index (χ4n) is 3.15. The molecule has 0 aliphatic carbocycles. The van der Waals surface area contributed by atoms with Crippen molar-refractivity contribution in [2.45, 2.75) is 52.4 Å². The van der Waals surface area contributed by atoms with E-state index < -0.39 is 0 Å². The number of piperidine rings is 1. The summed E-state index contributed by atoms with van der Waals surface area (Å²) in [6.07, 6.45) is 2.09. The molecular weight excluding hydrogens is 366 g/mol. The van der Waals surface area contributed by atoms with Crippen LogP contribution in [0.5, 0.6) is 0 Å². The van der Waals surface area contributed by atoms with Crippen LogP contribution in [-0.4, -0.2) is 48.0 Å². The summed E-state index contributed by atoms with van der Waals surface area (Å²) in [5.74, 6) is -0.749. The zero-order valence-corrected chi connectivity index (χ0v) is 16.8. The van der Waals surface area contributed by atoms with Crippen molar-refractivity contribution < 1.29 is 23.9 Å². The van der Waals surface area contributed by atoms with Gasteiger partial charge in [0.25, 0.3) is 0 Å². The van der Waals surface area contributed by atoms with Crippen molar-refractivity contribution in [3.05, 3.63) is 21.9 Å². The van der Waals surface area contributed by atoms with Crippen molar-refractivity contribution in [3.63, 3.8) is 0 Å². The molecule has 2 heterocycles. The number of carbonyl (C=O) groups excluding carboxylic acids is 4. The van der Waals surface area contributed by atoms with E-state index in [4.69, 9.17) is 4.74 Å². The first-order chi connectivity index (χ1) is 12.9. The number of ketones is 2. The SMILES string of the molecule is CCOC(=O)C1CCCN(C(=O)CCC(=O)CCC(=O)c2ccc(C)s2)C1. The highest BCUT2D eigenvalue weighted by Crippen LogP contribution is 2.20. The lowest BCUT2D eigenvalue weighted by Gasteiger charge is -2.31. The molecule has 2 rings (SSSR count). The number of likely N-dealkylation sites (tertiary alicyclic amines) is 1. The molecule has 1 fully saturated rings. The second-order valence-electron chi connectivity index (χ2n) is 6.80. The Morgan fingerprint density at radius 1 is 1.15 bits per heavy atom. The summed E-state index contributed by atoms with van der Waals surface area (Å²) in [6.45, 7) is 5.01. The molecule has 0 aromatic carbocycles. The Kier molecular flexibility index (Phi) is 8.16. The summed E-state index contributed by atoms with van der Waals surface area (Å²) in [4.78, 5) is 51.7. The number of Topliss-reactive ketones (excluding diaryl/α,β-unsaturated/α-hetero) is 2. The highest BCUT2D eigenvalue weighted by Gasteiger charge is 2.29. The Morgan fingerprint density at radius 2 is 1.89 bits per heavy atom. The molecule has 1 aliphatic heterocycles. The molecule has 148 valence electrons. The Balaban J connectivity index is 1.71. The van der Waals surface area contributed by atoms with Crippen LogP contribution in [0.4, 0.5) is 0 Å². The Bertz CT molecular complexity index is 696. The van der Waals surface area contributed by atoms with Gasteiger partial charge >= 0.3 is 5.97 Å². The number of hydrogen-bond acceptors (Lipinski definition) is 6. The van der Waals surface area contributed by atoms with Gasteiger partial charge in [0.2, 0.25) is 5.91 Å². The Hall–Kier alpha value is -2.02. The van der Waals surface area contributed by atoms with Crippen LogP contribution in [0.25, 0.3) is 0 Å². The monoisotopic (exact) mass is 393 g/mol. The zero-order chi connectivity index (χ0) is 19.8. The predicted octanol–water partition coefficient (Wildman–Crippen LogP) is 3.17. The van der Waals surface area contributed by atoms with E-state index in [9.17, 15) is 19.2 Å². The lowest BCUT2D eigenvalue weighted by atomic mass is 9.97. The number of nitrogens with zero attached hydrogens (tertiary/aromatic N) is 1. The van der Waals surface area contributed by atoms with Gasteiger partial charge in [0.15, 0.2) is 5.78 Å². The van der Waals surface area contributed by atoms with E-state index in [0.29, 0.717) is 24.6 Å². The summed E-state index contributed by atoms with van der Waals surface area (Å²) >= 11 is 1.43. The molecule has 1 aromatic rings. The third-order valence-electron chi connectivity index (χ3n) is 4.66. The van der Waals surface area contributed by atoms with Crippen LogP contribution in [0.3, 0.4) is 0 Å². The largest absolute Gasteiger partial charge is 0.466 e. The number of carbonyl (C=O) groups is 4. The smallest absolute Gasteiger partial charge is 0.310 e. The van der Waals surface area contributed by atoms with Gasteiger partial charge < -0.3 is 9.64 Å². The van der Waals surface area contributed by atoms with E-state index >= 15 is 0 Å². The summed E-state index contributed by atoms with van der Waals surface area (Å²) in [5, 5.41) is 0. The first kappa shape index (κ1) is 21.3. The number of esters is 1. The first-order valence-electron chi connectivity index (χ1n) is 9.46. The molecule has 7 heteroatoms. The minimum absolute atomic E-state index is 0.0268. The van der Waals surface area contributed by atoms with Gasteiger partial charge in [-0.3, -0.25) is 19.2 Å². The fourth-order valence-corrected chi connectivity index (χ4v) is 3.98. The van der Waals surface area contributed by atoms with Crippen molar-refractivity contribution in [2.75, 3.05) is 19.7 Å². The summed E-state index contributed by atoms with van der Waals surface area (Å²) < 4.78 is 5.04. The molecule has 27 heavy (non-hydrogen) atoms. The number of amides is 1. The standard InChI is InChI=1S/C20H27NO5S/c1-3-26-20(25)15-5-4-12-21(13-15)19(24)11-8-16(22)7-9-17(23)18-10-6-14(2)27-18/h6,10,15H,3-5,7-9,11-13H2,1-2H3. The molecule has 0 bridgehead atoms. The van der Waals surface area contributed by atoms with Gasteiger partial charge in [0.05, 0.1) is 17.4 Å². The highest BCUT2D eigenvalue weighted by atomic mass is 32.1. The van der Waals surface area contributed by atoms with E-state index in [1.807, 2.05) is 13.0 Å². The quantitative estimate of drug-likeness (QED) is 0.475. The Labute approximate surface area is 163 Å². The molecule has 1 saturated heterocycles. The second kappa shape index (κ2) is 10.3. The molecule has 1 aromatic heterocycles. The third-order valence-corrected chi connectivity index (χ3v) is 5.70. The van der Waals surface area contributed by atoms with Crippen LogP contribution in [0.2, 0.25) is 0 Å². The molecule has 6 nitrogen and oxygen atoms in total. The molecule has 1 atom stereocenters. The number of ether oxygens (including phenoxy) is 1. The van der Waals surface area contributed by atoms with Crippen LogP contribution in [0, 0.1) is 12.8 Å². The van der Waals surface area contributed by atoms with Crippen molar-refractivity contribution in [2.24, 2.45) is 5.92 Å². The topological polar surface area (TPSA) is 80.8 Å². The van der Waals surface area contributed by atoms with Crippen molar-refractivity contribution >= 4 is 34.8 Å². The maximum absolute atomic E-state index is 12.3. The maximum atomic E-state index is 12.3. The summed E-state index contributed by atoms with van der Waals surface area (Å²) in [5.41, 5.74) is 0. The summed E-state index contributed by atoms with van der Waals surface area (Å²) in [6, 6.07) is 3.67. The van der Waals surface area contributed by atoms with Crippen molar-refractivity contribution in [1.82, 2.24) is 4.90 Å². The van der Waals surface area contributed by atoms with Gasteiger partial charge in [-0.15, -0.1) is 11.3 Å². The molecule has 1 amide bonds. The van der Waals surface area contributed by atoms with Gasteiger partial charge in [-0.25, -0.2) is 0 Å². The first-order valence-corrected chi connectivity index (χ1v) is 10.3. The molecule has 1 unspecified atom stereocenters. The average molecular weight is 394 g/mol. The van der Waals surface area contributed by atoms with E-state index in [2.05, 4.69) is 0 Å². The van der Waals surface area contributed by atoms with Gasteiger partial charge in [-0.2, -0.15) is 0 Å². The summed E-state index contributed by atoms with van der Waals surface area (Å²) in [7, 11) is 0. The van der Waals surface area contributed by atoms with Gasteiger partial charge in [-0.1, -0.05) is 0 Å². The van der Waals surface area contributed by atoms with Crippen LogP contribution >= 0.6 is 11.3 Å². The molecule has 0 saturated carbocycles. The van der Waals surface area contributed by atoms with Gasteiger partial charge in [0.1, 0.15) is 5.78 Å². The van der Waals surface area contributed by atoms with E-state index in [1.54, 1.807) is 17.9 Å². The molecule has 0 spiro atoms. The predicted molar refractivity (Wildman–Crippen MR) is 103 cm³/mol. The normalized spacial score (nSPS) is 16.8. The maximum Gasteiger partial charge on any atom is 0.310 e. The van der Waals surface area contributed by atoms with Gasteiger partial charge in [-0.05, 0) is 38.8 Å². The highest BCUT2D eigenvalue weighted by molar-refractivity contribution is 7.14. The van der Waals surface area contributed by atoms with Crippen molar-refractivity contribution in [1.29, 1.82) is 0 Å². The van der Waals surface area contributed by atoms with Crippen LogP contribution < -0.4 is 0 Å². The lowest BCUT2D eigenvalue weighted by Crippen LogP contribution is -2.42. The van der Waals surface area contributed by atoms with Crippen molar-refractivity contribution in [3.8, 4) is 0 Å². The minimum Gasteiger partial charge on any atom is -0.466 e. The van der Waals surface area contributed by atoms with Crippen LogP contribution in [0.1, 0.15) is 60.0 Å². The van der Waals surface area contributed by atoms with E-state index in [1.165, 1.54) is 11.3 Å². The van der Waals surface area contributed by atoms with Gasteiger partial charge in [0, 0.05) is 43.6 Å². The molecule has 0 radical (unpaired) electrons. The minimum atomic E-state index is -0.273. The van der Waals surface area contributed by atoms with Crippen LogP contribution in [0.15, 0.2) is 12.1 Å². The number of hydrogen-bond donors (Lipinski definition) is 0. The second-order valence-corrected chi connectivity index (χ2v) is 8.09. The molecular formula is C20H27NO5S. The number of aryl methyl sites for hydroxylation is 1. The average Bonchev–Trinajstić information content (AvgIpc) is 3.11. The van der Waals surface area contributed by atoms with E-state index in [-0.39, 0.29) is 55.0 Å². The zero-order valence-electron chi connectivity index (χ0n) is 16.0. The molecule has 1 aliphatic rings. The lowest BCUT2D eigenvalue weighted by molar-refractivity contribution is -0.151. The Morgan fingerprint density at radius 3 is 2.56 bits per heavy atom. The number of rotatable bonds is 9.